The molecule has 0 radical (unpaired) electrons. The normalized spacial score (nSPS) is 17.8. The summed E-state index contributed by atoms with van der Waals surface area (Å²) in [7, 11) is 0. The molecule has 1 atom stereocenters. The minimum atomic E-state index is -0.201. The molecule has 1 aromatic carbocycles. The fraction of sp³-hybridized carbons (Fsp3) is 0.267. The molecule has 0 saturated carbocycles. The zero-order chi connectivity index (χ0) is 13.1. The van der Waals surface area contributed by atoms with Gasteiger partial charge in [-0.25, -0.2) is 0 Å². The van der Waals surface area contributed by atoms with E-state index in [1.54, 1.807) is 12.1 Å². The van der Waals surface area contributed by atoms with Crippen molar-refractivity contribution in [3.8, 4) is 0 Å². The molecule has 1 aliphatic heterocycles. The summed E-state index contributed by atoms with van der Waals surface area (Å²) in [5.41, 5.74) is 2.53. The van der Waals surface area contributed by atoms with E-state index in [-0.39, 0.29) is 12.0 Å². The maximum absolute atomic E-state index is 11.7. The summed E-state index contributed by atoms with van der Waals surface area (Å²) < 4.78 is 10.8. The van der Waals surface area contributed by atoms with Crippen molar-refractivity contribution in [1.29, 1.82) is 0 Å². The molecule has 2 heterocycles. The Balaban J connectivity index is 1.57. The van der Waals surface area contributed by atoms with Crippen molar-refractivity contribution in [2.45, 2.75) is 19.1 Å². The van der Waals surface area contributed by atoms with Crippen LogP contribution < -0.4 is 5.32 Å². The number of furan rings is 1. The molecule has 98 valence electrons. The third kappa shape index (κ3) is 2.69. The second-order valence-corrected chi connectivity index (χ2v) is 4.59. The van der Waals surface area contributed by atoms with Gasteiger partial charge >= 0.3 is 0 Å². The fourth-order valence-corrected chi connectivity index (χ4v) is 2.24. The molecule has 0 bridgehead atoms. The Morgan fingerprint density at radius 2 is 2.05 bits per heavy atom. The lowest BCUT2D eigenvalue weighted by Gasteiger charge is -2.25. The monoisotopic (exact) mass is 257 g/mol. The first-order valence-electron chi connectivity index (χ1n) is 6.33. The SMILES string of the molecule is O=C(NC[C@@H]1Cc2ccccc2CO1)c1ccco1. The Morgan fingerprint density at radius 1 is 1.21 bits per heavy atom. The van der Waals surface area contributed by atoms with Gasteiger partial charge in [-0.3, -0.25) is 4.79 Å². The summed E-state index contributed by atoms with van der Waals surface area (Å²) >= 11 is 0. The summed E-state index contributed by atoms with van der Waals surface area (Å²) in [4.78, 5) is 11.7. The van der Waals surface area contributed by atoms with Crippen molar-refractivity contribution in [2.24, 2.45) is 0 Å². The van der Waals surface area contributed by atoms with E-state index in [1.807, 2.05) is 12.1 Å². The molecule has 0 aliphatic carbocycles. The van der Waals surface area contributed by atoms with E-state index in [9.17, 15) is 4.79 Å². The van der Waals surface area contributed by atoms with Crippen molar-refractivity contribution in [3.05, 3.63) is 59.5 Å². The van der Waals surface area contributed by atoms with Crippen molar-refractivity contribution in [2.75, 3.05) is 6.54 Å². The van der Waals surface area contributed by atoms with Crippen LogP contribution in [0.1, 0.15) is 21.7 Å². The van der Waals surface area contributed by atoms with Gasteiger partial charge in [-0.1, -0.05) is 24.3 Å². The van der Waals surface area contributed by atoms with Gasteiger partial charge in [0, 0.05) is 13.0 Å². The topological polar surface area (TPSA) is 51.5 Å². The number of benzene rings is 1. The third-order valence-corrected chi connectivity index (χ3v) is 3.28. The highest BCUT2D eigenvalue weighted by atomic mass is 16.5. The van der Waals surface area contributed by atoms with Crippen molar-refractivity contribution >= 4 is 5.91 Å². The van der Waals surface area contributed by atoms with Crippen LogP contribution >= 0.6 is 0 Å². The zero-order valence-electron chi connectivity index (χ0n) is 10.5. The maximum Gasteiger partial charge on any atom is 0.287 e. The number of ether oxygens (including phenoxy) is 1. The third-order valence-electron chi connectivity index (χ3n) is 3.28. The number of rotatable bonds is 3. The lowest BCUT2D eigenvalue weighted by molar-refractivity contribution is 0.0282. The first-order chi connectivity index (χ1) is 9.33. The van der Waals surface area contributed by atoms with Gasteiger partial charge in [-0.05, 0) is 23.3 Å². The van der Waals surface area contributed by atoms with Crippen LogP contribution in [-0.2, 0) is 17.8 Å². The predicted molar refractivity (Wildman–Crippen MR) is 69.8 cm³/mol. The zero-order valence-corrected chi connectivity index (χ0v) is 10.5. The smallest absolute Gasteiger partial charge is 0.287 e. The quantitative estimate of drug-likeness (QED) is 0.916. The first kappa shape index (κ1) is 12.0. The number of amides is 1. The molecule has 19 heavy (non-hydrogen) atoms. The van der Waals surface area contributed by atoms with Crippen LogP contribution in [0.4, 0.5) is 0 Å². The summed E-state index contributed by atoms with van der Waals surface area (Å²) in [6.07, 6.45) is 2.34. The van der Waals surface area contributed by atoms with Gasteiger partial charge in [0.05, 0.1) is 19.0 Å². The average molecular weight is 257 g/mol. The molecule has 1 N–H and O–H groups in total. The number of hydrogen-bond donors (Lipinski definition) is 1. The van der Waals surface area contributed by atoms with E-state index in [4.69, 9.17) is 9.15 Å². The van der Waals surface area contributed by atoms with Gasteiger partial charge in [-0.2, -0.15) is 0 Å². The minimum absolute atomic E-state index is 0.0220. The van der Waals surface area contributed by atoms with Crippen LogP contribution in [0.5, 0.6) is 0 Å². The standard InChI is InChI=1S/C15H15NO3/c17-15(14-6-3-7-18-14)16-9-13-8-11-4-1-2-5-12(11)10-19-13/h1-7,13H,8-10H2,(H,16,17)/t13-/m0/s1. The Kier molecular flexibility index (Phi) is 3.33. The molecule has 4 nitrogen and oxygen atoms in total. The highest BCUT2D eigenvalue weighted by Crippen LogP contribution is 2.19. The molecule has 0 fully saturated rings. The first-order valence-corrected chi connectivity index (χ1v) is 6.33. The van der Waals surface area contributed by atoms with E-state index in [2.05, 4.69) is 17.4 Å². The molecule has 1 amide bonds. The Labute approximate surface area is 111 Å². The van der Waals surface area contributed by atoms with Gasteiger partial charge in [0.15, 0.2) is 5.76 Å². The molecule has 3 rings (SSSR count). The number of carbonyl (C=O) groups excluding carboxylic acids is 1. The molecule has 0 saturated heterocycles. The van der Waals surface area contributed by atoms with Crippen LogP contribution in [0.2, 0.25) is 0 Å². The van der Waals surface area contributed by atoms with Crippen molar-refractivity contribution in [3.63, 3.8) is 0 Å². The Bertz CT molecular complexity index is 563. The van der Waals surface area contributed by atoms with Crippen molar-refractivity contribution in [1.82, 2.24) is 5.32 Å². The Morgan fingerprint density at radius 3 is 2.84 bits per heavy atom. The minimum Gasteiger partial charge on any atom is -0.459 e. The van der Waals surface area contributed by atoms with Gasteiger partial charge < -0.3 is 14.5 Å². The highest BCUT2D eigenvalue weighted by molar-refractivity contribution is 5.91. The maximum atomic E-state index is 11.7. The molecule has 2 aromatic rings. The van der Waals surface area contributed by atoms with Gasteiger partial charge in [-0.15, -0.1) is 0 Å². The van der Waals surface area contributed by atoms with Gasteiger partial charge in [0.2, 0.25) is 0 Å². The number of carbonyl (C=O) groups is 1. The average Bonchev–Trinajstić information content (AvgIpc) is 2.99. The molecular weight excluding hydrogens is 242 g/mol. The van der Waals surface area contributed by atoms with Crippen LogP contribution in [0, 0.1) is 0 Å². The summed E-state index contributed by atoms with van der Waals surface area (Å²) in [6.45, 7) is 1.10. The van der Waals surface area contributed by atoms with E-state index in [0.29, 0.717) is 18.9 Å². The van der Waals surface area contributed by atoms with E-state index >= 15 is 0 Å². The van der Waals surface area contributed by atoms with Crippen LogP contribution in [0.15, 0.2) is 47.1 Å². The summed E-state index contributed by atoms with van der Waals surface area (Å²) in [5.74, 6) is 0.128. The summed E-state index contributed by atoms with van der Waals surface area (Å²) in [5, 5.41) is 2.83. The lowest BCUT2D eigenvalue weighted by Crippen LogP contribution is -2.36. The molecule has 1 aliphatic rings. The molecule has 1 aromatic heterocycles. The van der Waals surface area contributed by atoms with Crippen LogP contribution in [0.25, 0.3) is 0 Å². The highest BCUT2D eigenvalue weighted by Gasteiger charge is 2.19. The van der Waals surface area contributed by atoms with Gasteiger partial charge in [0.25, 0.3) is 5.91 Å². The molecular formula is C15H15NO3. The number of nitrogens with one attached hydrogen (secondary N) is 1. The summed E-state index contributed by atoms with van der Waals surface area (Å²) in [6, 6.07) is 11.6. The molecule has 4 heteroatoms. The largest absolute Gasteiger partial charge is 0.459 e. The second-order valence-electron chi connectivity index (χ2n) is 4.59. The lowest BCUT2D eigenvalue weighted by atomic mass is 9.99. The van der Waals surface area contributed by atoms with Crippen molar-refractivity contribution < 1.29 is 13.9 Å². The molecule has 0 spiro atoms. The molecule has 0 unspecified atom stereocenters. The number of hydrogen-bond acceptors (Lipinski definition) is 3. The van der Waals surface area contributed by atoms with E-state index in [0.717, 1.165) is 6.42 Å². The van der Waals surface area contributed by atoms with Crippen LogP contribution in [0.3, 0.4) is 0 Å². The van der Waals surface area contributed by atoms with E-state index < -0.39 is 0 Å². The van der Waals surface area contributed by atoms with Gasteiger partial charge in [0.1, 0.15) is 0 Å². The van der Waals surface area contributed by atoms with E-state index in [1.165, 1.54) is 17.4 Å². The van der Waals surface area contributed by atoms with Crippen LogP contribution in [-0.4, -0.2) is 18.6 Å². The predicted octanol–water partition coefficient (Wildman–Crippen LogP) is 2.15. The fourth-order valence-electron chi connectivity index (χ4n) is 2.24. The number of fused-ring (bicyclic) bond motifs is 1. The Hall–Kier alpha value is -2.07. The second kappa shape index (κ2) is 5.28.